The Balaban J connectivity index is 1.69. The Morgan fingerprint density at radius 1 is 1.00 bits per heavy atom. The van der Waals surface area contributed by atoms with E-state index < -0.39 is 36.7 Å². The van der Waals surface area contributed by atoms with Crippen LogP contribution in [0.15, 0.2) is 0 Å². The summed E-state index contributed by atoms with van der Waals surface area (Å²) in [6.07, 6.45) is 3.45. The fourth-order valence-corrected chi connectivity index (χ4v) is 10.3. The minimum atomic E-state index is -3.20. The molecule has 3 heterocycles. The van der Waals surface area contributed by atoms with E-state index in [4.69, 9.17) is 0 Å². The lowest BCUT2D eigenvalue weighted by atomic mass is 9.86. The summed E-state index contributed by atoms with van der Waals surface area (Å²) >= 11 is 0. The van der Waals surface area contributed by atoms with Gasteiger partial charge in [0.1, 0.15) is 0 Å². The van der Waals surface area contributed by atoms with Gasteiger partial charge in [0.25, 0.3) is 0 Å². The highest BCUT2D eigenvalue weighted by Crippen LogP contribution is 2.36. The van der Waals surface area contributed by atoms with Gasteiger partial charge in [0.05, 0.1) is 16.3 Å². The maximum Gasteiger partial charge on any atom is 0.154 e. The summed E-state index contributed by atoms with van der Waals surface area (Å²) in [5.41, 5.74) is 0. The predicted octanol–water partition coefficient (Wildman–Crippen LogP) is 0.0590. The molecule has 0 amide bonds. The molecule has 0 bridgehead atoms. The van der Waals surface area contributed by atoms with Gasteiger partial charge in [0, 0.05) is 51.9 Å². The van der Waals surface area contributed by atoms with Crippen molar-refractivity contribution in [1.82, 2.24) is 5.32 Å². The molecule has 8 heteroatoms. The molecule has 3 saturated heterocycles. The van der Waals surface area contributed by atoms with Gasteiger partial charge in [-0.15, -0.1) is 0 Å². The highest BCUT2D eigenvalue weighted by Gasteiger charge is 2.44. The molecule has 22 heavy (non-hydrogen) atoms. The van der Waals surface area contributed by atoms with E-state index in [0.717, 1.165) is 25.0 Å². The van der Waals surface area contributed by atoms with E-state index in [-0.39, 0.29) is 16.9 Å². The monoisotopic (exact) mass is 367 g/mol. The van der Waals surface area contributed by atoms with Crippen LogP contribution >= 0.6 is 0 Å². The van der Waals surface area contributed by atoms with E-state index in [1.165, 1.54) is 0 Å². The average Bonchev–Trinajstić information content (AvgIpc) is 2.47. The van der Waals surface area contributed by atoms with Crippen LogP contribution in [-0.4, -0.2) is 63.4 Å². The molecule has 3 aliphatic rings. The molecule has 0 aromatic rings. The molecule has 1 N–H and O–H groups in total. The third kappa shape index (κ3) is 3.65. The van der Waals surface area contributed by atoms with Gasteiger partial charge in [-0.3, -0.25) is 8.42 Å². The Morgan fingerprint density at radius 3 is 2.50 bits per heavy atom. The second-order valence-corrected chi connectivity index (χ2v) is 12.4. The van der Waals surface area contributed by atoms with Crippen LogP contribution in [0.1, 0.15) is 25.7 Å². The molecule has 0 saturated carbocycles. The van der Waals surface area contributed by atoms with Crippen molar-refractivity contribution in [1.29, 1.82) is 0 Å². The van der Waals surface area contributed by atoms with Gasteiger partial charge in [0.2, 0.25) is 0 Å². The van der Waals surface area contributed by atoms with E-state index in [1.807, 2.05) is 0 Å². The molecule has 6 unspecified atom stereocenters. The molecule has 0 spiro atoms. The zero-order valence-corrected chi connectivity index (χ0v) is 15.2. The summed E-state index contributed by atoms with van der Waals surface area (Å²) in [6.45, 7) is 1.26. The summed E-state index contributed by atoms with van der Waals surface area (Å²) in [4.78, 5) is 0. The summed E-state index contributed by atoms with van der Waals surface area (Å²) in [5, 5.41) is 2.48. The fraction of sp³-hybridized carbons (Fsp3) is 1.00. The van der Waals surface area contributed by atoms with Crippen LogP contribution in [0.3, 0.4) is 0 Å². The number of rotatable bonds is 2. The van der Waals surface area contributed by atoms with Crippen molar-refractivity contribution in [3.05, 3.63) is 0 Å². The van der Waals surface area contributed by atoms with Crippen LogP contribution in [0, 0.1) is 11.8 Å². The van der Waals surface area contributed by atoms with Crippen molar-refractivity contribution in [3.63, 3.8) is 0 Å². The van der Waals surface area contributed by atoms with E-state index in [2.05, 4.69) is 5.32 Å². The van der Waals surface area contributed by atoms with Gasteiger partial charge in [-0.2, -0.15) is 0 Å². The lowest BCUT2D eigenvalue weighted by Crippen LogP contribution is -2.52. The van der Waals surface area contributed by atoms with Crippen LogP contribution in [0.2, 0.25) is 0 Å². The zero-order chi connectivity index (χ0) is 15.7. The first kappa shape index (κ1) is 17.0. The van der Waals surface area contributed by atoms with Crippen LogP contribution < -0.4 is 5.32 Å². The molecular weight excluding hydrogens is 342 g/mol. The quantitative estimate of drug-likeness (QED) is 0.746. The fourth-order valence-electron chi connectivity index (χ4n) is 4.10. The van der Waals surface area contributed by atoms with Gasteiger partial charge in [-0.25, -0.2) is 8.42 Å². The topological polar surface area (TPSA) is 80.3 Å². The summed E-state index contributed by atoms with van der Waals surface area (Å²) < 4.78 is 49.4. The number of hydrogen-bond donors (Lipinski definition) is 1. The Bertz CT molecular complexity index is 562. The molecule has 3 aliphatic heterocycles. The molecule has 5 nitrogen and oxygen atoms in total. The van der Waals surface area contributed by atoms with E-state index >= 15 is 0 Å². The lowest BCUT2D eigenvalue weighted by molar-refractivity contribution is 0.315. The van der Waals surface area contributed by atoms with Gasteiger partial charge in [0.15, 0.2) is 9.84 Å². The first-order chi connectivity index (χ1) is 10.5. The van der Waals surface area contributed by atoms with Crippen molar-refractivity contribution in [3.8, 4) is 0 Å². The Kier molecular flexibility index (Phi) is 5.41. The first-order valence-electron chi connectivity index (χ1n) is 8.12. The van der Waals surface area contributed by atoms with Crippen LogP contribution in [0.4, 0.5) is 0 Å². The van der Waals surface area contributed by atoms with E-state index in [9.17, 15) is 16.8 Å². The highest BCUT2D eigenvalue weighted by molar-refractivity contribution is 7.94. The zero-order valence-electron chi connectivity index (χ0n) is 12.7. The molecule has 0 aliphatic carbocycles. The summed E-state index contributed by atoms with van der Waals surface area (Å²) in [7, 11) is -5.01. The summed E-state index contributed by atoms with van der Waals surface area (Å²) in [5.74, 6) is 2.64. The van der Waals surface area contributed by atoms with Gasteiger partial charge < -0.3 is 5.32 Å². The molecule has 0 radical (unpaired) electrons. The number of hydrogen-bond acceptors (Lipinski definition) is 5. The molecular formula is C14H25NO4S3. The largest absolute Gasteiger partial charge is 0.315 e. The standard InChI is InChI=1S/C14H25NO4S3/c16-20-6-1-2-11(9-20)12-3-4-14(22(18,19)10-12)13-8-15-5-7-21(13)17/h11-15H,1-10H2. The maximum absolute atomic E-state index is 12.7. The normalized spacial score (nSPS) is 46.2. The van der Waals surface area contributed by atoms with Crippen molar-refractivity contribution in [2.24, 2.45) is 11.8 Å². The highest BCUT2D eigenvalue weighted by atomic mass is 32.2. The molecule has 3 rings (SSSR count). The maximum atomic E-state index is 12.7. The second kappa shape index (κ2) is 6.99. The van der Waals surface area contributed by atoms with Crippen molar-refractivity contribution in [2.75, 3.05) is 36.1 Å². The van der Waals surface area contributed by atoms with Gasteiger partial charge in [-0.05, 0) is 37.5 Å². The summed E-state index contributed by atoms with van der Waals surface area (Å²) in [6, 6.07) is 0. The predicted molar refractivity (Wildman–Crippen MR) is 90.6 cm³/mol. The SMILES string of the molecule is O=S1CCCC(C2CCC(C3CNCCS3=O)S(=O)(=O)C2)C1. The van der Waals surface area contributed by atoms with Crippen molar-refractivity contribution in [2.45, 2.75) is 36.2 Å². The number of nitrogens with one attached hydrogen (secondary N) is 1. The van der Waals surface area contributed by atoms with Crippen LogP contribution in [0.5, 0.6) is 0 Å². The van der Waals surface area contributed by atoms with E-state index in [1.54, 1.807) is 0 Å². The third-order valence-electron chi connectivity index (χ3n) is 5.32. The Hall–Kier alpha value is 0.210. The molecule has 3 fully saturated rings. The van der Waals surface area contributed by atoms with Crippen molar-refractivity contribution < 1.29 is 16.8 Å². The Labute approximate surface area is 137 Å². The molecule has 0 aromatic carbocycles. The number of sulfone groups is 1. The molecule has 0 aromatic heterocycles. The minimum absolute atomic E-state index is 0.149. The lowest BCUT2D eigenvalue weighted by Gasteiger charge is -2.38. The minimum Gasteiger partial charge on any atom is -0.315 e. The first-order valence-corrected chi connectivity index (χ1v) is 12.7. The second-order valence-electron chi connectivity index (χ2n) is 6.75. The van der Waals surface area contributed by atoms with Crippen LogP contribution in [0.25, 0.3) is 0 Å². The van der Waals surface area contributed by atoms with E-state index in [0.29, 0.717) is 36.9 Å². The Morgan fingerprint density at radius 2 is 1.82 bits per heavy atom. The van der Waals surface area contributed by atoms with Gasteiger partial charge in [-0.1, -0.05) is 0 Å². The third-order valence-corrected chi connectivity index (χ3v) is 11.2. The molecule has 6 atom stereocenters. The van der Waals surface area contributed by atoms with Crippen LogP contribution in [-0.2, 0) is 31.4 Å². The smallest absolute Gasteiger partial charge is 0.154 e. The van der Waals surface area contributed by atoms with Gasteiger partial charge >= 0.3 is 0 Å². The average molecular weight is 368 g/mol. The van der Waals surface area contributed by atoms with Crippen molar-refractivity contribution >= 4 is 31.4 Å². The molecule has 128 valence electrons.